The molecular formula is C12H23NO4S. The third-order valence-corrected chi connectivity index (χ3v) is 4.24. The molecule has 0 heterocycles. The molecule has 0 aromatic rings. The monoisotopic (exact) mass is 277 g/mol. The van der Waals surface area contributed by atoms with Crippen LogP contribution in [0.15, 0.2) is 0 Å². The van der Waals surface area contributed by atoms with Gasteiger partial charge in [-0.2, -0.15) is 11.8 Å². The summed E-state index contributed by atoms with van der Waals surface area (Å²) in [6.07, 6.45) is 0. The van der Waals surface area contributed by atoms with E-state index in [1.54, 1.807) is 37.6 Å². The van der Waals surface area contributed by atoms with Gasteiger partial charge in [0.15, 0.2) is 5.72 Å². The molecule has 5 nitrogen and oxygen atoms in total. The Kier molecular flexibility index (Phi) is 6.16. The maximum Gasteiger partial charge on any atom is 0.322 e. The van der Waals surface area contributed by atoms with E-state index < -0.39 is 22.5 Å². The van der Waals surface area contributed by atoms with Crippen LogP contribution in [0.25, 0.3) is 0 Å². The Morgan fingerprint density at radius 1 is 1.44 bits per heavy atom. The molecule has 1 atom stereocenters. The summed E-state index contributed by atoms with van der Waals surface area (Å²) in [6, 6.07) is -0.752. The van der Waals surface area contributed by atoms with E-state index in [1.807, 2.05) is 20.8 Å². The van der Waals surface area contributed by atoms with Crippen LogP contribution < -0.4 is 0 Å². The first-order valence-corrected chi connectivity index (χ1v) is 6.80. The molecule has 0 saturated carbocycles. The van der Waals surface area contributed by atoms with Gasteiger partial charge in [-0.3, -0.25) is 14.5 Å². The van der Waals surface area contributed by atoms with Crippen LogP contribution in [0.3, 0.4) is 0 Å². The van der Waals surface area contributed by atoms with Gasteiger partial charge < -0.3 is 9.84 Å². The van der Waals surface area contributed by atoms with Crippen LogP contribution in [0, 0.1) is 0 Å². The summed E-state index contributed by atoms with van der Waals surface area (Å²) in [6.45, 7) is 9.43. The maximum atomic E-state index is 11.5. The highest BCUT2D eigenvalue weighted by molar-refractivity contribution is 8.00. The molecule has 18 heavy (non-hydrogen) atoms. The standard InChI is InChI=1S/C12H23NO4S/c1-7-18-11(2,3)9(10(15)16)13(6)12(4,5)17-8-14/h8-9H,7H2,1-6H3,(H,15,16). The van der Waals surface area contributed by atoms with Crippen molar-refractivity contribution >= 4 is 24.2 Å². The number of hydrogen-bond acceptors (Lipinski definition) is 5. The zero-order valence-corrected chi connectivity index (χ0v) is 12.7. The van der Waals surface area contributed by atoms with Crippen molar-refractivity contribution in [3.63, 3.8) is 0 Å². The summed E-state index contributed by atoms with van der Waals surface area (Å²) in [4.78, 5) is 23.6. The number of hydrogen-bond donors (Lipinski definition) is 1. The van der Waals surface area contributed by atoms with Gasteiger partial charge in [0.05, 0.1) is 0 Å². The Hall–Kier alpha value is -0.750. The summed E-state index contributed by atoms with van der Waals surface area (Å²) in [5.41, 5.74) is -0.962. The average Bonchev–Trinajstić information content (AvgIpc) is 2.15. The van der Waals surface area contributed by atoms with Crippen LogP contribution in [-0.2, 0) is 14.3 Å². The predicted molar refractivity (Wildman–Crippen MR) is 72.6 cm³/mol. The summed E-state index contributed by atoms with van der Waals surface area (Å²) in [5, 5.41) is 9.44. The molecule has 6 heteroatoms. The number of likely N-dealkylation sites (N-methyl/N-ethyl adjacent to an activating group) is 1. The van der Waals surface area contributed by atoms with E-state index in [4.69, 9.17) is 4.74 Å². The molecule has 0 aliphatic carbocycles. The van der Waals surface area contributed by atoms with Crippen molar-refractivity contribution in [3.05, 3.63) is 0 Å². The van der Waals surface area contributed by atoms with Crippen molar-refractivity contribution in [3.8, 4) is 0 Å². The number of nitrogens with zero attached hydrogens (tertiary/aromatic N) is 1. The molecule has 0 aliphatic rings. The summed E-state index contributed by atoms with van der Waals surface area (Å²) in [5.74, 6) is -0.106. The molecule has 0 rings (SSSR count). The molecule has 0 fully saturated rings. The molecule has 0 bridgehead atoms. The molecule has 0 amide bonds. The highest BCUT2D eigenvalue weighted by atomic mass is 32.2. The van der Waals surface area contributed by atoms with Crippen molar-refractivity contribution in [2.45, 2.75) is 51.1 Å². The normalized spacial score (nSPS) is 14.4. The second-order valence-corrected chi connectivity index (χ2v) is 6.97. The lowest BCUT2D eigenvalue weighted by atomic mass is 10.00. The van der Waals surface area contributed by atoms with Gasteiger partial charge in [-0.05, 0) is 40.5 Å². The van der Waals surface area contributed by atoms with Gasteiger partial charge in [0.25, 0.3) is 6.47 Å². The van der Waals surface area contributed by atoms with Gasteiger partial charge in [0.2, 0.25) is 0 Å². The van der Waals surface area contributed by atoms with E-state index >= 15 is 0 Å². The van der Waals surface area contributed by atoms with Gasteiger partial charge in [-0.1, -0.05) is 6.92 Å². The lowest BCUT2D eigenvalue weighted by Crippen LogP contribution is -2.59. The van der Waals surface area contributed by atoms with Gasteiger partial charge in [-0.15, -0.1) is 0 Å². The van der Waals surface area contributed by atoms with E-state index in [-0.39, 0.29) is 0 Å². The van der Waals surface area contributed by atoms with Gasteiger partial charge in [-0.25, -0.2) is 0 Å². The van der Waals surface area contributed by atoms with Crippen LogP contribution >= 0.6 is 11.8 Å². The fourth-order valence-corrected chi connectivity index (χ4v) is 3.05. The van der Waals surface area contributed by atoms with Crippen LogP contribution in [0.2, 0.25) is 0 Å². The quantitative estimate of drug-likeness (QED) is 0.539. The second-order valence-electron chi connectivity index (χ2n) is 5.05. The molecule has 0 aromatic carbocycles. The lowest BCUT2D eigenvalue weighted by molar-refractivity contribution is -0.173. The predicted octanol–water partition coefficient (Wildman–Crippen LogP) is 1.81. The first kappa shape index (κ1) is 17.2. The molecule has 0 radical (unpaired) electrons. The van der Waals surface area contributed by atoms with E-state index in [0.717, 1.165) is 5.75 Å². The minimum Gasteiger partial charge on any atom is -0.480 e. The molecule has 1 unspecified atom stereocenters. The van der Waals surface area contributed by atoms with E-state index in [9.17, 15) is 14.7 Å². The Balaban J connectivity index is 5.24. The molecule has 0 saturated heterocycles. The molecule has 106 valence electrons. The topological polar surface area (TPSA) is 66.8 Å². The average molecular weight is 277 g/mol. The smallest absolute Gasteiger partial charge is 0.322 e. The highest BCUT2D eigenvalue weighted by Gasteiger charge is 2.44. The summed E-state index contributed by atoms with van der Waals surface area (Å²) >= 11 is 1.57. The minimum atomic E-state index is -0.962. The number of carbonyl (C=O) groups excluding carboxylic acids is 1. The third-order valence-electron chi connectivity index (χ3n) is 2.98. The summed E-state index contributed by atoms with van der Waals surface area (Å²) < 4.78 is 4.48. The Labute approximate surface area is 113 Å². The minimum absolute atomic E-state index is 0.343. The van der Waals surface area contributed by atoms with E-state index in [1.165, 1.54) is 0 Å². The lowest BCUT2D eigenvalue weighted by Gasteiger charge is -2.43. The number of thioether (sulfide) groups is 1. The van der Waals surface area contributed by atoms with Crippen molar-refractivity contribution in [1.29, 1.82) is 0 Å². The Bertz CT molecular complexity index is 304. The molecule has 1 N–H and O–H groups in total. The third kappa shape index (κ3) is 4.17. The molecule has 0 aliphatic heterocycles. The van der Waals surface area contributed by atoms with Crippen molar-refractivity contribution in [1.82, 2.24) is 4.90 Å². The first-order valence-electron chi connectivity index (χ1n) is 5.81. The van der Waals surface area contributed by atoms with Gasteiger partial charge >= 0.3 is 5.97 Å². The number of aliphatic carboxylic acids is 1. The van der Waals surface area contributed by atoms with E-state index in [0.29, 0.717) is 6.47 Å². The van der Waals surface area contributed by atoms with Crippen LogP contribution in [0.1, 0.15) is 34.6 Å². The van der Waals surface area contributed by atoms with Crippen LogP contribution in [-0.4, -0.2) is 51.8 Å². The van der Waals surface area contributed by atoms with Crippen molar-refractivity contribution < 1.29 is 19.4 Å². The number of carboxylic acid groups (broad SMARTS) is 1. The highest BCUT2D eigenvalue weighted by Crippen LogP contribution is 2.33. The SMILES string of the molecule is CCSC(C)(C)C(C(=O)O)N(C)C(C)(C)OC=O. The van der Waals surface area contributed by atoms with Crippen molar-refractivity contribution in [2.75, 3.05) is 12.8 Å². The first-order chi connectivity index (χ1) is 8.10. The summed E-state index contributed by atoms with van der Waals surface area (Å²) in [7, 11) is 1.65. The van der Waals surface area contributed by atoms with Crippen molar-refractivity contribution in [2.24, 2.45) is 0 Å². The number of rotatable bonds is 8. The molecular weight excluding hydrogens is 254 g/mol. The number of carbonyl (C=O) groups is 2. The fraction of sp³-hybridized carbons (Fsp3) is 0.833. The second kappa shape index (κ2) is 6.43. The maximum absolute atomic E-state index is 11.5. The number of carboxylic acids is 1. The van der Waals surface area contributed by atoms with Gasteiger partial charge in [0.1, 0.15) is 6.04 Å². The van der Waals surface area contributed by atoms with Crippen LogP contribution in [0.4, 0.5) is 0 Å². The largest absolute Gasteiger partial charge is 0.480 e. The molecule has 0 spiro atoms. The number of ether oxygens (including phenoxy) is 1. The zero-order chi connectivity index (χ0) is 14.6. The van der Waals surface area contributed by atoms with Gasteiger partial charge in [0, 0.05) is 4.75 Å². The molecule has 0 aromatic heterocycles. The zero-order valence-electron chi connectivity index (χ0n) is 11.9. The Morgan fingerprint density at radius 3 is 2.28 bits per heavy atom. The van der Waals surface area contributed by atoms with E-state index in [2.05, 4.69) is 0 Å². The fourth-order valence-electron chi connectivity index (χ4n) is 1.89. The Morgan fingerprint density at radius 2 is 1.94 bits per heavy atom. The van der Waals surface area contributed by atoms with Crippen LogP contribution in [0.5, 0.6) is 0 Å².